The van der Waals surface area contributed by atoms with Gasteiger partial charge < -0.3 is 9.52 Å². The molecule has 0 spiro atoms. The molecular weight excluding hydrogens is 240 g/mol. The predicted molar refractivity (Wildman–Crippen MR) is 66.6 cm³/mol. The highest BCUT2D eigenvalue weighted by atomic mass is 32.2. The van der Waals surface area contributed by atoms with Gasteiger partial charge >= 0.3 is 5.97 Å². The molecule has 5 heteroatoms. The van der Waals surface area contributed by atoms with Gasteiger partial charge in [0.1, 0.15) is 17.1 Å². The molecule has 1 heterocycles. The number of hydrogen-bond donors (Lipinski definition) is 1. The van der Waals surface area contributed by atoms with Crippen LogP contribution < -0.4 is 0 Å². The molecule has 96 valence electrons. The summed E-state index contributed by atoms with van der Waals surface area (Å²) in [6, 6.07) is 1.46. The Balaban J connectivity index is 2.66. The van der Waals surface area contributed by atoms with Crippen molar-refractivity contribution in [2.24, 2.45) is 5.92 Å². The molecule has 0 aliphatic rings. The second-order valence-corrected chi connectivity index (χ2v) is 5.75. The Hall–Kier alpha value is -1.10. The molecule has 2 unspecified atom stereocenters. The van der Waals surface area contributed by atoms with Crippen LogP contribution in [0.1, 0.15) is 42.1 Å². The van der Waals surface area contributed by atoms with Crippen LogP contribution in [0.5, 0.6) is 0 Å². The van der Waals surface area contributed by atoms with E-state index in [1.54, 1.807) is 6.92 Å². The van der Waals surface area contributed by atoms with Gasteiger partial charge in [-0.05, 0) is 18.9 Å². The topological polar surface area (TPSA) is 67.5 Å². The molecule has 17 heavy (non-hydrogen) atoms. The Bertz CT molecular complexity index is 422. The van der Waals surface area contributed by atoms with Crippen LogP contribution in [0.3, 0.4) is 0 Å². The molecule has 1 rings (SSSR count). The number of carbonyl (C=O) groups is 1. The standard InChI is InChI=1S/C12H18O4S/c1-4-8(2)6-17(15)7-10-5-11(12(13)14)9(3)16-10/h5,8H,4,6-7H2,1-3H3,(H,13,14). The first-order chi connectivity index (χ1) is 7.93. The highest BCUT2D eigenvalue weighted by Gasteiger charge is 2.15. The average Bonchev–Trinajstić information content (AvgIpc) is 2.59. The second kappa shape index (κ2) is 6.00. The van der Waals surface area contributed by atoms with Crippen LogP contribution >= 0.6 is 0 Å². The Kier molecular flexibility index (Phi) is 4.93. The zero-order chi connectivity index (χ0) is 13.0. The quantitative estimate of drug-likeness (QED) is 0.851. The zero-order valence-corrected chi connectivity index (χ0v) is 11.2. The van der Waals surface area contributed by atoms with Gasteiger partial charge in [-0.2, -0.15) is 0 Å². The molecule has 1 aromatic rings. The van der Waals surface area contributed by atoms with E-state index in [9.17, 15) is 9.00 Å². The first-order valence-corrected chi connectivity index (χ1v) is 7.10. The van der Waals surface area contributed by atoms with Gasteiger partial charge in [0.05, 0.1) is 5.75 Å². The summed E-state index contributed by atoms with van der Waals surface area (Å²) in [6.07, 6.45) is 0.989. The van der Waals surface area contributed by atoms with Crippen molar-refractivity contribution in [1.82, 2.24) is 0 Å². The van der Waals surface area contributed by atoms with E-state index in [0.29, 0.717) is 28.9 Å². The van der Waals surface area contributed by atoms with Crippen molar-refractivity contribution in [3.05, 3.63) is 23.2 Å². The largest absolute Gasteiger partial charge is 0.478 e. The summed E-state index contributed by atoms with van der Waals surface area (Å²) in [7, 11) is -0.996. The van der Waals surface area contributed by atoms with Crippen molar-refractivity contribution in [3.63, 3.8) is 0 Å². The molecule has 0 aliphatic heterocycles. The maximum atomic E-state index is 11.8. The Morgan fingerprint density at radius 2 is 2.24 bits per heavy atom. The molecule has 1 aromatic heterocycles. The average molecular weight is 258 g/mol. The van der Waals surface area contributed by atoms with Crippen molar-refractivity contribution in [3.8, 4) is 0 Å². The van der Waals surface area contributed by atoms with Gasteiger partial charge in [-0.1, -0.05) is 20.3 Å². The van der Waals surface area contributed by atoms with Gasteiger partial charge in [-0.3, -0.25) is 4.21 Å². The lowest BCUT2D eigenvalue weighted by Gasteiger charge is -2.06. The summed E-state index contributed by atoms with van der Waals surface area (Å²) in [4.78, 5) is 10.8. The summed E-state index contributed by atoms with van der Waals surface area (Å²) in [5.41, 5.74) is 0.153. The molecule has 1 N–H and O–H groups in total. The lowest BCUT2D eigenvalue weighted by atomic mass is 10.2. The Morgan fingerprint density at radius 3 is 2.71 bits per heavy atom. The van der Waals surface area contributed by atoms with E-state index >= 15 is 0 Å². The van der Waals surface area contributed by atoms with E-state index in [-0.39, 0.29) is 5.56 Å². The minimum absolute atomic E-state index is 0.153. The van der Waals surface area contributed by atoms with Crippen molar-refractivity contribution >= 4 is 16.8 Å². The van der Waals surface area contributed by atoms with Crippen LogP contribution in [0, 0.1) is 12.8 Å². The molecule has 0 aliphatic carbocycles. The number of furan rings is 1. The third kappa shape index (κ3) is 4.00. The third-order valence-corrected chi connectivity index (χ3v) is 4.22. The Morgan fingerprint density at radius 1 is 1.59 bits per heavy atom. The zero-order valence-electron chi connectivity index (χ0n) is 10.4. The number of aryl methyl sites for hydroxylation is 1. The summed E-state index contributed by atoms with van der Waals surface area (Å²) in [6.45, 7) is 5.71. The number of rotatable bonds is 6. The number of aromatic carboxylic acids is 1. The van der Waals surface area contributed by atoms with Crippen molar-refractivity contribution in [2.45, 2.75) is 32.9 Å². The molecule has 0 bridgehead atoms. The molecule has 2 atom stereocenters. The van der Waals surface area contributed by atoms with Crippen molar-refractivity contribution in [2.75, 3.05) is 5.75 Å². The van der Waals surface area contributed by atoms with E-state index < -0.39 is 16.8 Å². The van der Waals surface area contributed by atoms with Gasteiger partial charge in [0.25, 0.3) is 0 Å². The summed E-state index contributed by atoms with van der Waals surface area (Å²) in [5, 5.41) is 8.86. The molecule has 0 fully saturated rings. The fraction of sp³-hybridized carbons (Fsp3) is 0.583. The van der Waals surface area contributed by atoms with Crippen molar-refractivity contribution < 1.29 is 18.5 Å². The van der Waals surface area contributed by atoms with Gasteiger partial charge in [-0.15, -0.1) is 0 Å². The number of carboxylic acid groups (broad SMARTS) is 1. The SMILES string of the molecule is CCC(C)CS(=O)Cc1cc(C(=O)O)c(C)o1. The number of carboxylic acids is 1. The third-order valence-electron chi connectivity index (χ3n) is 2.67. The highest BCUT2D eigenvalue weighted by Crippen LogP contribution is 2.17. The van der Waals surface area contributed by atoms with E-state index in [4.69, 9.17) is 9.52 Å². The molecule has 0 amide bonds. The highest BCUT2D eigenvalue weighted by molar-refractivity contribution is 7.84. The minimum atomic E-state index is -1.01. The molecule has 0 saturated heterocycles. The monoisotopic (exact) mass is 258 g/mol. The molecule has 0 radical (unpaired) electrons. The fourth-order valence-corrected chi connectivity index (χ4v) is 2.93. The summed E-state index contributed by atoms with van der Waals surface area (Å²) in [5.74, 6) is 1.17. The van der Waals surface area contributed by atoms with Crippen LogP contribution in [0.4, 0.5) is 0 Å². The van der Waals surface area contributed by atoms with Crippen LogP contribution in [-0.4, -0.2) is 21.0 Å². The predicted octanol–water partition coefficient (Wildman–Crippen LogP) is 2.58. The van der Waals surface area contributed by atoms with E-state index in [1.807, 2.05) is 6.92 Å². The van der Waals surface area contributed by atoms with Gasteiger partial charge in [0.15, 0.2) is 0 Å². The molecule has 0 aromatic carbocycles. The summed E-state index contributed by atoms with van der Waals surface area (Å²) >= 11 is 0. The van der Waals surface area contributed by atoms with Crippen LogP contribution in [0.2, 0.25) is 0 Å². The molecule has 4 nitrogen and oxygen atoms in total. The van der Waals surface area contributed by atoms with Gasteiger partial charge in [-0.25, -0.2) is 4.79 Å². The maximum Gasteiger partial charge on any atom is 0.339 e. The second-order valence-electron chi connectivity index (χ2n) is 4.25. The van der Waals surface area contributed by atoms with E-state index in [1.165, 1.54) is 6.07 Å². The molecular formula is C12H18O4S. The normalized spacial score (nSPS) is 14.5. The summed E-state index contributed by atoms with van der Waals surface area (Å²) < 4.78 is 17.1. The first kappa shape index (κ1) is 14.0. The van der Waals surface area contributed by atoms with Crippen LogP contribution in [0.15, 0.2) is 10.5 Å². The van der Waals surface area contributed by atoms with Gasteiger partial charge in [0.2, 0.25) is 0 Å². The minimum Gasteiger partial charge on any atom is -0.478 e. The lowest BCUT2D eigenvalue weighted by Crippen LogP contribution is -2.08. The smallest absolute Gasteiger partial charge is 0.339 e. The first-order valence-electron chi connectivity index (χ1n) is 5.61. The van der Waals surface area contributed by atoms with Crippen LogP contribution in [-0.2, 0) is 16.6 Å². The lowest BCUT2D eigenvalue weighted by molar-refractivity contribution is 0.0695. The van der Waals surface area contributed by atoms with E-state index in [0.717, 1.165) is 6.42 Å². The van der Waals surface area contributed by atoms with Crippen LogP contribution in [0.25, 0.3) is 0 Å². The number of hydrogen-bond acceptors (Lipinski definition) is 3. The molecule has 0 saturated carbocycles. The van der Waals surface area contributed by atoms with Gasteiger partial charge in [0, 0.05) is 16.6 Å². The fourth-order valence-electron chi connectivity index (χ4n) is 1.48. The maximum absolute atomic E-state index is 11.8. The van der Waals surface area contributed by atoms with Crippen molar-refractivity contribution in [1.29, 1.82) is 0 Å². The Labute approximate surface area is 103 Å². The van der Waals surface area contributed by atoms with E-state index in [2.05, 4.69) is 6.92 Å².